The first-order chi connectivity index (χ1) is 15.7. The van der Waals surface area contributed by atoms with E-state index in [9.17, 15) is 0 Å². The van der Waals surface area contributed by atoms with Gasteiger partial charge < -0.3 is 5.32 Å². The highest BCUT2D eigenvalue weighted by atomic mass is 79.9. The van der Waals surface area contributed by atoms with Crippen molar-refractivity contribution in [3.63, 3.8) is 0 Å². The molecule has 3 nitrogen and oxygen atoms in total. The summed E-state index contributed by atoms with van der Waals surface area (Å²) in [7, 11) is 0. The van der Waals surface area contributed by atoms with Crippen LogP contribution in [0.15, 0.2) is 114 Å². The maximum Gasteiger partial charge on any atom is 0.142 e. The molecule has 0 spiro atoms. The molecule has 156 valence electrons. The summed E-state index contributed by atoms with van der Waals surface area (Å²) in [6.45, 7) is 2.10. The number of nitrogens with zero attached hydrogens (tertiary/aromatic N) is 2. The molecule has 0 aliphatic carbocycles. The van der Waals surface area contributed by atoms with E-state index in [2.05, 4.69) is 113 Å². The SMILES string of the molecule is Cc1ccc(Nc2c(-c3ccccc3)c(-c3ccccc3)nn2-c2ccc(Br)cc2)cc1. The molecule has 0 unspecified atom stereocenters. The molecule has 5 rings (SSSR count). The van der Waals surface area contributed by atoms with Crippen LogP contribution in [0.5, 0.6) is 0 Å². The standard InChI is InChI=1S/C28H22BrN3/c1-20-12-16-24(17-13-20)30-28-26(21-8-4-2-5-9-21)27(22-10-6-3-7-11-22)31-32(28)25-18-14-23(29)15-19-25/h2-19,30H,1H3. The molecule has 32 heavy (non-hydrogen) atoms. The van der Waals surface area contributed by atoms with Gasteiger partial charge in [0.25, 0.3) is 0 Å². The van der Waals surface area contributed by atoms with E-state index in [0.717, 1.165) is 44.0 Å². The Morgan fingerprint density at radius 2 is 1.28 bits per heavy atom. The topological polar surface area (TPSA) is 29.9 Å². The Labute approximate surface area is 196 Å². The third-order valence-electron chi connectivity index (χ3n) is 5.38. The fourth-order valence-electron chi connectivity index (χ4n) is 3.75. The average molecular weight is 480 g/mol. The number of nitrogens with one attached hydrogen (secondary N) is 1. The molecule has 1 N–H and O–H groups in total. The largest absolute Gasteiger partial charge is 0.340 e. The molecule has 0 fully saturated rings. The molecular weight excluding hydrogens is 458 g/mol. The summed E-state index contributed by atoms with van der Waals surface area (Å²) in [4.78, 5) is 0. The highest BCUT2D eigenvalue weighted by Crippen LogP contribution is 2.40. The normalized spacial score (nSPS) is 10.8. The fourth-order valence-corrected chi connectivity index (χ4v) is 4.02. The van der Waals surface area contributed by atoms with Crippen molar-refractivity contribution in [1.82, 2.24) is 9.78 Å². The summed E-state index contributed by atoms with van der Waals surface area (Å²) in [6.07, 6.45) is 0. The first-order valence-corrected chi connectivity index (χ1v) is 11.3. The number of rotatable bonds is 5. The number of hydrogen-bond donors (Lipinski definition) is 1. The molecule has 0 saturated carbocycles. The van der Waals surface area contributed by atoms with E-state index in [1.807, 2.05) is 28.9 Å². The molecule has 1 aromatic heterocycles. The van der Waals surface area contributed by atoms with Crippen molar-refractivity contribution in [2.24, 2.45) is 0 Å². The number of benzene rings is 4. The molecule has 0 radical (unpaired) electrons. The Morgan fingerprint density at radius 3 is 1.91 bits per heavy atom. The maximum absolute atomic E-state index is 5.11. The van der Waals surface area contributed by atoms with Gasteiger partial charge in [0.05, 0.1) is 11.3 Å². The number of hydrogen-bond acceptors (Lipinski definition) is 2. The highest BCUT2D eigenvalue weighted by molar-refractivity contribution is 9.10. The summed E-state index contributed by atoms with van der Waals surface area (Å²) in [5.41, 5.74) is 7.44. The van der Waals surface area contributed by atoms with Gasteiger partial charge in [-0.05, 0) is 48.9 Å². The quantitative estimate of drug-likeness (QED) is 0.276. The van der Waals surface area contributed by atoms with Gasteiger partial charge >= 0.3 is 0 Å². The number of aromatic nitrogens is 2. The number of aryl methyl sites for hydroxylation is 1. The van der Waals surface area contributed by atoms with Crippen molar-refractivity contribution in [3.05, 3.63) is 119 Å². The predicted molar refractivity (Wildman–Crippen MR) is 137 cm³/mol. The second-order valence-corrected chi connectivity index (χ2v) is 8.60. The van der Waals surface area contributed by atoms with E-state index in [1.165, 1.54) is 5.56 Å². The minimum atomic E-state index is 0.932. The van der Waals surface area contributed by atoms with Crippen LogP contribution in [0.2, 0.25) is 0 Å². The molecule has 5 aromatic rings. The summed E-state index contributed by atoms with van der Waals surface area (Å²) >= 11 is 3.54. The number of halogens is 1. The van der Waals surface area contributed by atoms with Crippen LogP contribution in [0.3, 0.4) is 0 Å². The van der Waals surface area contributed by atoms with Gasteiger partial charge in [0.2, 0.25) is 0 Å². The summed E-state index contributed by atoms with van der Waals surface area (Å²) in [6, 6.07) is 37.4. The average Bonchev–Trinajstić information content (AvgIpc) is 3.21. The summed E-state index contributed by atoms with van der Waals surface area (Å²) in [5, 5.41) is 8.77. The van der Waals surface area contributed by atoms with Gasteiger partial charge in [-0.25, -0.2) is 4.68 Å². The molecular formula is C28H22BrN3. The van der Waals surface area contributed by atoms with E-state index in [4.69, 9.17) is 5.10 Å². The predicted octanol–water partition coefficient (Wildman–Crippen LogP) is 8.02. The van der Waals surface area contributed by atoms with Gasteiger partial charge in [0.1, 0.15) is 11.5 Å². The van der Waals surface area contributed by atoms with Crippen LogP contribution in [-0.4, -0.2) is 9.78 Å². The highest BCUT2D eigenvalue weighted by Gasteiger charge is 2.22. The van der Waals surface area contributed by atoms with Gasteiger partial charge in [0.15, 0.2) is 0 Å². The molecule has 0 aliphatic rings. The summed E-state index contributed by atoms with van der Waals surface area (Å²) < 4.78 is 3.03. The van der Waals surface area contributed by atoms with E-state index in [0.29, 0.717) is 0 Å². The van der Waals surface area contributed by atoms with Gasteiger partial charge in [-0.3, -0.25) is 0 Å². The van der Waals surface area contributed by atoms with Crippen LogP contribution in [0.25, 0.3) is 28.1 Å². The minimum Gasteiger partial charge on any atom is -0.340 e. The Hall–Kier alpha value is -3.63. The van der Waals surface area contributed by atoms with Crippen LogP contribution in [0.4, 0.5) is 11.5 Å². The molecule has 0 amide bonds. The molecule has 0 saturated heterocycles. The minimum absolute atomic E-state index is 0.932. The Morgan fingerprint density at radius 1 is 0.688 bits per heavy atom. The maximum atomic E-state index is 5.11. The number of anilines is 2. The second-order valence-electron chi connectivity index (χ2n) is 7.68. The Kier molecular flexibility index (Phi) is 5.61. The lowest BCUT2D eigenvalue weighted by molar-refractivity contribution is 0.891. The molecule has 0 bridgehead atoms. The van der Waals surface area contributed by atoms with Crippen LogP contribution in [0, 0.1) is 6.92 Å². The zero-order chi connectivity index (χ0) is 21.9. The Balaban J connectivity index is 1.78. The monoisotopic (exact) mass is 479 g/mol. The van der Waals surface area contributed by atoms with Crippen molar-refractivity contribution in [3.8, 4) is 28.1 Å². The smallest absolute Gasteiger partial charge is 0.142 e. The first-order valence-electron chi connectivity index (χ1n) is 10.5. The first kappa shape index (κ1) is 20.3. The lowest BCUT2D eigenvalue weighted by Crippen LogP contribution is -2.03. The van der Waals surface area contributed by atoms with E-state index in [-0.39, 0.29) is 0 Å². The lowest BCUT2D eigenvalue weighted by atomic mass is 10.0. The van der Waals surface area contributed by atoms with Gasteiger partial charge in [-0.1, -0.05) is 94.3 Å². The van der Waals surface area contributed by atoms with Crippen LogP contribution < -0.4 is 5.32 Å². The van der Waals surface area contributed by atoms with Crippen molar-refractivity contribution in [2.75, 3.05) is 5.32 Å². The van der Waals surface area contributed by atoms with Crippen LogP contribution >= 0.6 is 15.9 Å². The molecule has 1 heterocycles. The Bertz CT molecular complexity index is 1320. The van der Waals surface area contributed by atoms with E-state index in [1.54, 1.807) is 0 Å². The van der Waals surface area contributed by atoms with Crippen molar-refractivity contribution in [1.29, 1.82) is 0 Å². The lowest BCUT2D eigenvalue weighted by Gasteiger charge is -2.13. The molecule has 0 atom stereocenters. The van der Waals surface area contributed by atoms with Gasteiger partial charge in [-0.2, -0.15) is 5.10 Å². The summed E-state index contributed by atoms with van der Waals surface area (Å²) in [5.74, 6) is 0.932. The van der Waals surface area contributed by atoms with Gasteiger partial charge in [0, 0.05) is 15.7 Å². The van der Waals surface area contributed by atoms with Crippen molar-refractivity contribution >= 4 is 27.4 Å². The van der Waals surface area contributed by atoms with E-state index < -0.39 is 0 Å². The van der Waals surface area contributed by atoms with Crippen molar-refractivity contribution < 1.29 is 0 Å². The fraction of sp³-hybridized carbons (Fsp3) is 0.0357. The molecule has 4 heteroatoms. The second kappa shape index (κ2) is 8.85. The van der Waals surface area contributed by atoms with Gasteiger partial charge in [-0.15, -0.1) is 0 Å². The van der Waals surface area contributed by atoms with Crippen LogP contribution in [-0.2, 0) is 0 Å². The zero-order valence-corrected chi connectivity index (χ0v) is 19.3. The third-order valence-corrected chi connectivity index (χ3v) is 5.91. The van der Waals surface area contributed by atoms with E-state index >= 15 is 0 Å². The zero-order valence-electron chi connectivity index (χ0n) is 17.7. The van der Waals surface area contributed by atoms with Crippen LogP contribution in [0.1, 0.15) is 5.56 Å². The molecule has 0 aliphatic heterocycles. The molecule has 4 aromatic carbocycles. The van der Waals surface area contributed by atoms with Crippen molar-refractivity contribution in [2.45, 2.75) is 6.92 Å². The third kappa shape index (κ3) is 4.10.